The number of benzene rings is 1. The van der Waals surface area contributed by atoms with Gasteiger partial charge in [0.25, 0.3) is 0 Å². The lowest BCUT2D eigenvalue weighted by Crippen LogP contribution is -2.31. The smallest absolute Gasteiger partial charge is 0.240 e. The topological polar surface area (TPSA) is 73.2 Å². The fourth-order valence-electron chi connectivity index (χ4n) is 2.93. The second kappa shape index (κ2) is 6.43. The Bertz CT molecular complexity index is 785. The molecule has 2 aromatic rings. The molecule has 1 aromatic heterocycles. The van der Waals surface area contributed by atoms with Crippen molar-refractivity contribution >= 4 is 10.0 Å². The maximum Gasteiger partial charge on any atom is 0.240 e. The molecule has 1 aliphatic heterocycles. The summed E-state index contributed by atoms with van der Waals surface area (Å²) in [6.07, 6.45) is 4.24. The summed E-state index contributed by atoms with van der Waals surface area (Å²) in [7, 11) is -1.60. The molecular weight excluding hydrogens is 314 g/mol. The number of aromatic nitrogens is 2. The molecule has 1 N–H and O–H groups in total. The largest absolute Gasteiger partial charge is 0.370 e. The van der Waals surface area contributed by atoms with Crippen LogP contribution < -0.4 is 4.72 Å². The number of hydrogen-bond donors (Lipinski definition) is 1. The standard InChI is InChI=1S/C16H21N3O3S/c1-12-5-3-4-6-14(12)23(20,21)18-11-13-7-10-22-15(13)16-17-8-9-19(16)2/h3-6,8-9,13,15,18H,7,10-11H2,1-2H3/t13-,15+/m0/s1. The molecule has 0 radical (unpaired) electrons. The van der Waals surface area contributed by atoms with Gasteiger partial charge in [-0.1, -0.05) is 18.2 Å². The van der Waals surface area contributed by atoms with Gasteiger partial charge >= 0.3 is 0 Å². The highest BCUT2D eigenvalue weighted by Gasteiger charge is 2.33. The van der Waals surface area contributed by atoms with Gasteiger partial charge in [0.1, 0.15) is 11.9 Å². The van der Waals surface area contributed by atoms with Crippen molar-refractivity contribution in [3.8, 4) is 0 Å². The first-order chi connectivity index (χ1) is 11.0. The number of rotatable bonds is 5. The first-order valence-corrected chi connectivity index (χ1v) is 9.11. The number of hydrogen-bond acceptors (Lipinski definition) is 4. The SMILES string of the molecule is Cc1ccccc1S(=O)(=O)NC[C@@H]1CCO[C@H]1c1nccn1C. The monoisotopic (exact) mass is 335 g/mol. The molecule has 2 atom stereocenters. The highest BCUT2D eigenvalue weighted by molar-refractivity contribution is 7.89. The fourth-order valence-corrected chi connectivity index (χ4v) is 4.27. The van der Waals surface area contributed by atoms with E-state index in [0.29, 0.717) is 18.0 Å². The second-order valence-electron chi connectivity index (χ2n) is 5.85. The van der Waals surface area contributed by atoms with Gasteiger partial charge < -0.3 is 9.30 Å². The zero-order valence-electron chi connectivity index (χ0n) is 13.3. The molecule has 0 aliphatic carbocycles. The lowest BCUT2D eigenvalue weighted by atomic mass is 10.0. The number of imidazole rings is 1. The molecule has 0 saturated carbocycles. The summed E-state index contributed by atoms with van der Waals surface area (Å²) in [4.78, 5) is 4.65. The molecule has 7 heteroatoms. The number of sulfonamides is 1. The Hall–Kier alpha value is -1.70. The van der Waals surface area contributed by atoms with Crippen LogP contribution in [0.1, 0.15) is 23.9 Å². The summed E-state index contributed by atoms with van der Waals surface area (Å²) < 4.78 is 35.4. The molecular formula is C16H21N3O3S. The second-order valence-corrected chi connectivity index (χ2v) is 7.59. The maximum atomic E-state index is 12.5. The first-order valence-electron chi connectivity index (χ1n) is 7.63. The van der Waals surface area contributed by atoms with Gasteiger partial charge in [-0.2, -0.15) is 0 Å². The molecule has 0 bridgehead atoms. The third kappa shape index (κ3) is 3.31. The van der Waals surface area contributed by atoms with E-state index in [1.165, 1.54) is 0 Å². The van der Waals surface area contributed by atoms with Crippen LogP contribution in [0.25, 0.3) is 0 Å². The summed E-state index contributed by atoms with van der Waals surface area (Å²) in [5.74, 6) is 0.914. The predicted octanol–water partition coefficient (Wildman–Crippen LogP) is 1.78. The van der Waals surface area contributed by atoms with Crippen molar-refractivity contribution in [2.75, 3.05) is 13.2 Å². The molecule has 1 aliphatic rings. The molecule has 1 saturated heterocycles. The summed E-state index contributed by atoms with van der Waals surface area (Å²) in [6.45, 7) is 2.76. The molecule has 0 amide bonds. The number of ether oxygens (including phenoxy) is 1. The Kier molecular flexibility index (Phi) is 4.52. The van der Waals surface area contributed by atoms with Crippen molar-refractivity contribution in [1.29, 1.82) is 0 Å². The van der Waals surface area contributed by atoms with Gasteiger partial charge in [0.05, 0.1) is 4.90 Å². The fraction of sp³-hybridized carbons (Fsp3) is 0.438. The van der Waals surface area contributed by atoms with Crippen LogP contribution in [-0.4, -0.2) is 31.1 Å². The molecule has 0 spiro atoms. The van der Waals surface area contributed by atoms with Crippen molar-refractivity contribution in [2.24, 2.45) is 13.0 Å². The van der Waals surface area contributed by atoms with Crippen LogP contribution in [0.5, 0.6) is 0 Å². The molecule has 0 unspecified atom stereocenters. The van der Waals surface area contributed by atoms with Gasteiger partial charge in [-0.15, -0.1) is 0 Å². The predicted molar refractivity (Wildman–Crippen MR) is 86.4 cm³/mol. The molecule has 1 fully saturated rings. The van der Waals surface area contributed by atoms with Gasteiger partial charge in [0.15, 0.2) is 0 Å². The number of nitrogens with zero attached hydrogens (tertiary/aromatic N) is 2. The van der Waals surface area contributed by atoms with E-state index in [2.05, 4.69) is 9.71 Å². The summed E-state index contributed by atoms with van der Waals surface area (Å²) in [5.41, 5.74) is 0.739. The first kappa shape index (κ1) is 16.2. The van der Waals surface area contributed by atoms with Gasteiger partial charge in [-0.05, 0) is 25.0 Å². The van der Waals surface area contributed by atoms with E-state index in [-0.39, 0.29) is 12.0 Å². The van der Waals surface area contributed by atoms with Crippen molar-refractivity contribution in [3.63, 3.8) is 0 Å². The Morgan fingerprint density at radius 1 is 1.39 bits per heavy atom. The average molecular weight is 335 g/mol. The van der Waals surface area contributed by atoms with Gasteiger partial charge in [-0.3, -0.25) is 0 Å². The Morgan fingerprint density at radius 2 is 2.17 bits per heavy atom. The maximum absolute atomic E-state index is 12.5. The van der Waals surface area contributed by atoms with Crippen LogP contribution in [0.4, 0.5) is 0 Å². The third-order valence-electron chi connectivity index (χ3n) is 4.25. The average Bonchev–Trinajstić information content (AvgIpc) is 3.13. The zero-order valence-corrected chi connectivity index (χ0v) is 14.1. The van der Waals surface area contributed by atoms with Crippen molar-refractivity contribution in [2.45, 2.75) is 24.3 Å². The highest BCUT2D eigenvalue weighted by atomic mass is 32.2. The van der Waals surface area contributed by atoms with Gasteiger partial charge in [0, 0.05) is 38.5 Å². The van der Waals surface area contributed by atoms with Crippen LogP contribution in [0.2, 0.25) is 0 Å². The van der Waals surface area contributed by atoms with Gasteiger partial charge in [-0.25, -0.2) is 18.1 Å². The number of nitrogens with one attached hydrogen (secondary N) is 1. The van der Waals surface area contributed by atoms with E-state index in [1.807, 2.05) is 23.9 Å². The minimum absolute atomic E-state index is 0.0786. The highest BCUT2D eigenvalue weighted by Crippen LogP contribution is 2.33. The summed E-state index contributed by atoms with van der Waals surface area (Å²) in [5, 5.41) is 0. The molecule has 6 nitrogen and oxygen atoms in total. The quantitative estimate of drug-likeness (QED) is 0.904. The van der Waals surface area contributed by atoms with E-state index >= 15 is 0 Å². The van der Waals surface area contributed by atoms with Crippen molar-refractivity contribution in [3.05, 3.63) is 48.0 Å². The zero-order chi connectivity index (χ0) is 16.4. The molecule has 23 heavy (non-hydrogen) atoms. The van der Waals surface area contributed by atoms with E-state index in [9.17, 15) is 8.42 Å². The van der Waals surface area contributed by atoms with Crippen LogP contribution in [-0.2, 0) is 21.8 Å². The molecule has 2 heterocycles. The third-order valence-corrected chi connectivity index (χ3v) is 5.83. The van der Waals surface area contributed by atoms with E-state index in [1.54, 1.807) is 31.3 Å². The van der Waals surface area contributed by atoms with Crippen molar-refractivity contribution in [1.82, 2.24) is 14.3 Å². The number of aryl methyl sites for hydroxylation is 2. The Labute approximate surface area is 136 Å². The molecule has 3 rings (SSSR count). The summed E-state index contributed by atoms with van der Waals surface area (Å²) in [6, 6.07) is 6.98. The van der Waals surface area contributed by atoms with Gasteiger partial charge in [0.2, 0.25) is 10.0 Å². The molecule has 1 aromatic carbocycles. The minimum Gasteiger partial charge on any atom is -0.370 e. The van der Waals surface area contributed by atoms with E-state index in [4.69, 9.17) is 4.74 Å². The summed E-state index contributed by atoms with van der Waals surface area (Å²) >= 11 is 0. The van der Waals surface area contributed by atoms with Crippen LogP contribution in [0, 0.1) is 12.8 Å². The van der Waals surface area contributed by atoms with Crippen LogP contribution in [0.3, 0.4) is 0 Å². The Balaban J connectivity index is 1.73. The van der Waals surface area contributed by atoms with E-state index < -0.39 is 10.0 Å². The van der Waals surface area contributed by atoms with Crippen molar-refractivity contribution < 1.29 is 13.2 Å². The van der Waals surface area contributed by atoms with Crippen LogP contribution >= 0.6 is 0 Å². The lowest BCUT2D eigenvalue weighted by Gasteiger charge is -2.19. The Morgan fingerprint density at radius 3 is 2.87 bits per heavy atom. The van der Waals surface area contributed by atoms with Crippen LogP contribution in [0.15, 0.2) is 41.6 Å². The normalized spacial score (nSPS) is 21.7. The molecule has 124 valence electrons. The van der Waals surface area contributed by atoms with E-state index in [0.717, 1.165) is 17.8 Å². The minimum atomic E-state index is -3.51. The lowest BCUT2D eigenvalue weighted by molar-refractivity contribution is 0.0823.